The average Bonchev–Trinajstić information content (AvgIpc) is 2.78. The van der Waals surface area contributed by atoms with E-state index in [-0.39, 0.29) is 5.56 Å². The van der Waals surface area contributed by atoms with E-state index in [1.807, 2.05) is 0 Å². The number of esters is 3. The number of likely N-dealkylation sites (N-methyl/N-ethyl adjacent to an activating group) is 1. The number of ether oxygens (including phenoxy) is 4. The number of aliphatic hydroxyl groups is 3. The molecule has 2 rings (SSSR count). The molecule has 1 fully saturated rings. The van der Waals surface area contributed by atoms with Gasteiger partial charge in [-0.25, -0.2) is 4.79 Å². The highest BCUT2D eigenvalue weighted by molar-refractivity contribution is 7.99. The van der Waals surface area contributed by atoms with Crippen LogP contribution < -0.4 is 0 Å². The van der Waals surface area contributed by atoms with E-state index in [2.05, 4.69) is 4.74 Å². The van der Waals surface area contributed by atoms with Crippen LogP contribution in [-0.2, 0) is 38.1 Å². The second-order valence-corrected chi connectivity index (χ2v) is 9.11. The Kier molecular flexibility index (Phi) is 9.27. The molecule has 1 saturated heterocycles. The lowest BCUT2D eigenvalue weighted by atomic mass is 9.93. The van der Waals surface area contributed by atoms with Crippen molar-refractivity contribution in [1.29, 1.82) is 0 Å². The summed E-state index contributed by atoms with van der Waals surface area (Å²) in [6.45, 7) is 1.31. The summed E-state index contributed by atoms with van der Waals surface area (Å²) in [5.41, 5.74) is -1.72. The van der Waals surface area contributed by atoms with Gasteiger partial charge in [-0.05, 0) is 12.1 Å². The van der Waals surface area contributed by atoms with Crippen molar-refractivity contribution in [3.05, 3.63) is 35.9 Å². The van der Waals surface area contributed by atoms with E-state index in [1.165, 1.54) is 19.2 Å². The van der Waals surface area contributed by atoms with Crippen LogP contribution in [-0.4, -0.2) is 103 Å². The SMILES string of the molecule is CC(=O)O[C@@]1(O)[C@](O)(OC(C)=O)CO[C@@H](SC[C@@H](C(=O)O)N(C)C(=O)c2ccccc2)[C@]1(O)OC(C)=O. The third kappa shape index (κ3) is 6.19. The standard InChI is InChI=1S/C22H27NO13S/c1-12(24)34-20(30)11-33-19(21(31,35-13(2)25)22(20,32)36-14(3)26)37-10-16(18(28)29)23(4)17(27)15-8-6-5-7-9-15/h5-9,16,19,30-32H,10-11H2,1-4H3,(H,28,29)/t16-,19-,20+,21-,22-/m0/s1. The van der Waals surface area contributed by atoms with Crippen LogP contribution in [0.25, 0.3) is 0 Å². The quantitative estimate of drug-likeness (QED) is 0.168. The van der Waals surface area contributed by atoms with Crippen LogP contribution in [0, 0.1) is 0 Å². The van der Waals surface area contributed by atoms with Crippen LogP contribution in [0.2, 0.25) is 0 Å². The predicted molar refractivity (Wildman–Crippen MR) is 122 cm³/mol. The number of rotatable bonds is 9. The topological polar surface area (TPSA) is 206 Å². The lowest BCUT2D eigenvalue weighted by molar-refractivity contribution is -0.486. The lowest BCUT2D eigenvalue weighted by Gasteiger charge is -2.53. The van der Waals surface area contributed by atoms with Crippen LogP contribution in [0.3, 0.4) is 0 Å². The van der Waals surface area contributed by atoms with E-state index in [4.69, 9.17) is 14.2 Å². The molecule has 15 heteroatoms. The Hall–Kier alpha value is -3.24. The fraction of sp³-hybridized carbons (Fsp3) is 0.500. The van der Waals surface area contributed by atoms with Crippen molar-refractivity contribution in [2.45, 2.75) is 49.6 Å². The van der Waals surface area contributed by atoms with Gasteiger partial charge in [-0.15, -0.1) is 11.8 Å². The van der Waals surface area contributed by atoms with Gasteiger partial charge in [-0.1, -0.05) is 18.2 Å². The van der Waals surface area contributed by atoms with Crippen molar-refractivity contribution >= 4 is 41.5 Å². The first-order valence-corrected chi connectivity index (χ1v) is 11.7. The molecular formula is C22H27NO13S. The Labute approximate surface area is 215 Å². The first-order chi connectivity index (χ1) is 17.1. The molecule has 0 radical (unpaired) electrons. The van der Waals surface area contributed by atoms with Gasteiger partial charge in [0.2, 0.25) is 0 Å². The van der Waals surface area contributed by atoms with Crippen LogP contribution >= 0.6 is 11.8 Å². The highest BCUT2D eigenvalue weighted by atomic mass is 32.2. The molecule has 0 saturated carbocycles. The van der Waals surface area contributed by atoms with E-state index in [1.54, 1.807) is 18.2 Å². The number of nitrogens with zero attached hydrogens (tertiary/aromatic N) is 1. The molecule has 204 valence electrons. The molecule has 1 amide bonds. The van der Waals surface area contributed by atoms with Crippen molar-refractivity contribution in [2.24, 2.45) is 0 Å². The van der Waals surface area contributed by atoms with Gasteiger partial charge < -0.3 is 44.3 Å². The summed E-state index contributed by atoms with van der Waals surface area (Å²) in [4.78, 5) is 60.8. The molecule has 0 aromatic heterocycles. The van der Waals surface area contributed by atoms with Crippen LogP contribution in [0.15, 0.2) is 30.3 Å². The minimum atomic E-state index is -3.62. The summed E-state index contributed by atoms with van der Waals surface area (Å²) in [7, 11) is 1.23. The maximum Gasteiger partial charge on any atom is 0.349 e. The third-order valence-corrected chi connectivity index (χ3v) is 6.43. The minimum Gasteiger partial charge on any atom is -0.480 e. The van der Waals surface area contributed by atoms with E-state index >= 15 is 0 Å². The monoisotopic (exact) mass is 545 g/mol. The fourth-order valence-corrected chi connectivity index (χ4v) is 4.81. The maximum absolute atomic E-state index is 12.8. The molecule has 4 N–H and O–H groups in total. The Morgan fingerprint density at radius 1 is 1.00 bits per heavy atom. The van der Waals surface area contributed by atoms with Gasteiger partial charge in [0.25, 0.3) is 5.91 Å². The number of carboxylic acid groups (broad SMARTS) is 1. The first kappa shape index (κ1) is 30.0. The smallest absolute Gasteiger partial charge is 0.349 e. The van der Waals surface area contributed by atoms with E-state index in [0.717, 1.165) is 25.7 Å². The highest BCUT2D eigenvalue weighted by Crippen LogP contribution is 2.47. The second kappa shape index (κ2) is 11.4. The van der Waals surface area contributed by atoms with Crippen LogP contribution in [0.4, 0.5) is 0 Å². The summed E-state index contributed by atoms with van der Waals surface area (Å²) < 4.78 is 19.5. The number of carbonyl (C=O) groups excluding carboxylic acids is 4. The number of hydrogen-bond acceptors (Lipinski definition) is 13. The highest BCUT2D eigenvalue weighted by Gasteiger charge is 2.77. The summed E-state index contributed by atoms with van der Waals surface area (Å²) in [6.07, 6.45) is 0. The molecular weight excluding hydrogens is 518 g/mol. The molecule has 1 aliphatic rings. The summed E-state index contributed by atoms with van der Waals surface area (Å²) in [5, 5.41) is 43.1. The van der Waals surface area contributed by atoms with Gasteiger partial charge in [0.15, 0.2) is 5.44 Å². The van der Waals surface area contributed by atoms with Gasteiger partial charge in [0.05, 0.1) is 0 Å². The molecule has 0 spiro atoms. The molecule has 5 atom stereocenters. The predicted octanol–water partition coefficient (Wildman–Crippen LogP) is -0.944. The number of aliphatic carboxylic acids is 1. The van der Waals surface area contributed by atoms with Gasteiger partial charge in [-0.3, -0.25) is 19.2 Å². The Morgan fingerprint density at radius 2 is 1.54 bits per heavy atom. The Balaban J connectivity index is 2.43. The van der Waals surface area contributed by atoms with Crippen molar-refractivity contribution in [2.75, 3.05) is 19.4 Å². The number of thioether (sulfide) groups is 1. The first-order valence-electron chi connectivity index (χ1n) is 10.6. The maximum atomic E-state index is 12.8. The summed E-state index contributed by atoms with van der Waals surface area (Å²) in [6, 6.07) is 6.26. The third-order valence-electron chi connectivity index (χ3n) is 5.17. The van der Waals surface area contributed by atoms with E-state index in [9.17, 15) is 44.4 Å². The Morgan fingerprint density at radius 3 is 2.03 bits per heavy atom. The van der Waals surface area contributed by atoms with Gasteiger partial charge in [-0.2, -0.15) is 0 Å². The van der Waals surface area contributed by atoms with Crippen LogP contribution in [0.1, 0.15) is 31.1 Å². The average molecular weight is 546 g/mol. The van der Waals surface area contributed by atoms with Gasteiger partial charge in [0.1, 0.15) is 12.6 Å². The zero-order valence-electron chi connectivity index (χ0n) is 20.3. The fourth-order valence-electron chi connectivity index (χ4n) is 3.49. The molecule has 37 heavy (non-hydrogen) atoms. The molecule has 1 aliphatic heterocycles. The molecule has 0 bridgehead atoms. The number of benzene rings is 1. The number of carboxylic acids is 1. The van der Waals surface area contributed by atoms with E-state index < -0.39 is 71.0 Å². The second-order valence-electron chi connectivity index (χ2n) is 8.02. The number of amides is 1. The summed E-state index contributed by atoms with van der Waals surface area (Å²) in [5.74, 6) is -16.6. The van der Waals surface area contributed by atoms with Crippen LogP contribution in [0.5, 0.6) is 0 Å². The van der Waals surface area contributed by atoms with Crippen molar-refractivity contribution < 1.29 is 63.3 Å². The molecule has 14 nitrogen and oxygen atoms in total. The Bertz CT molecular complexity index is 1050. The zero-order chi connectivity index (χ0) is 28.2. The summed E-state index contributed by atoms with van der Waals surface area (Å²) >= 11 is 0.446. The van der Waals surface area contributed by atoms with Crippen molar-refractivity contribution in [1.82, 2.24) is 4.90 Å². The molecule has 0 unspecified atom stereocenters. The minimum absolute atomic E-state index is 0.197. The van der Waals surface area contributed by atoms with E-state index in [0.29, 0.717) is 11.8 Å². The van der Waals surface area contributed by atoms with Gasteiger partial charge >= 0.3 is 41.2 Å². The number of hydrogen-bond donors (Lipinski definition) is 4. The molecule has 1 aromatic rings. The van der Waals surface area contributed by atoms with Gasteiger partial charge in [0, 0.05) is 39.1 Å². The molecule has 1 aromatic carbocycles. The van der Waals surface area contributed by atoms with Crippen molar-refractivity contribution in [3.63, 3.8) is 0 Å². The number of carbonyl (C=O) groups is 5. The zero-order valence-corrected chi connectivity index (χ0v) is 21.1. The molecule has 1 heterocycles. The lowest BCUT2D eigenvalue weighted by Crippen LogP contribution is -2.80. The largest absolute Gasteiger partial charge is 0.480 e. The molecule has 0 aliphatic carbocycles. The normalized spacial score (nSPS) is 27.9. The van der Waals surface area contributed by atoms with Crippen molar-refractivity contribution in [3.8, 4) is 0 Å².